The van der Waals surface area contributed by atoms with Crippen molar-refractivity contribution >= 4 is 17.3 Å². The third-order valence-electron chi connectivity index (χ3n) is 3.09. The molecule has 0 unspecified atom stereocenters. The summed E-state index contributed by atoms with van der Waals surface area (Å²) in [7, 11) is 0. The molecule has 1 aromatic heterocycles. The lowest BCUT2D eigenvalue weighted by Gasteiger charge is -2.09. The molecule has 0 bridgehead atoms. The van der Waals surface area contributed by atoms with Gasteiger partial charge in [0.15, 0.2) is 5.82 Å². The highest BCUT2D eigenvalue weighted by Gasteiger charge is 2.17. The standard InChI is InChI=1S/C14H11ClFN5/c1-8-5-6-11(16)12(7-8)21-14(18-19-20-21)9-3-2-4-10(15)13(9)17/h2-7H,17H2,1H3. The number of halogens is 2. The van der Waals surface area contributed by atoms with Gasteiger partial charge in [0.25, 0.3) is 0 Å². The maximum atomic E-state index is 14.0. The van der Waals surface area contributed by atoms with Crippen LogP contribution in [0.1, 0.15) is 5.56 Å². The van der Waals surface area contributed by atoms with Gasteiger partial charge in [-0.3, -0.25) is 0 Å². The fourth-order valence-electron chi connectivity index (χ4n) is 2.03. The zero-order chi connectivity index (χ0) is 15.0. The predicted molar refractivity (Wildman–Crippen MR) is 78.7 cm³/mol. The number of nitrogen functional groups attached to an aromatic ring is 1. The molecule has 0 radical (unpaired) electrons. The average molecular weight is 304 g/mol. The molecule has 21 heavy (non-hydrogen) atoms. The lowest BCUT2D eigenvalue weighted by atomic mass is 10.1. The molecule has 0 fully saturated rings. The van der Waals surface area contributed by atoms with Crippen molar-refractivity contribution in [1.29, 1.82) is 0 Å². The van der Waals surface area contributed by atoms with E-state index in [4.69, 9.17) is 17.3 Å². The van der Waals surface area contributed by atoms with Crippen LogP contribution in [0.3, 0.4) is 0 Å². The summed E-state index contributed by atoms with van der Waals surface area (Å²) in [5.41, 5.74) is 8.01. The van der Waals surface area contributed by atoms with Crippen LogP contribution in [0.15, 0.2) is 36.4 Å². The second kappa shape index (κ2) is 5.14. The van der Waals surface area contributed by atoms with E-state index in [2.05, 4.69) is 15.5 Å². The Labute approximate surface area is 125 Å². The first kappa shape index (κ1) is 13.5. The van der Waals surface area contributed by atoms with E-state index in [1.165, 1.54) is 10.7 Å². The van der Waals surface area contributed by atoms with E-state index < -0.39 is 5.82 Å². The Kier molecular flexibility index (Phi) is 3.31. The molecule has 0 aliphatic rings. The highest BCUT2D eigenvalue weighted by atomic mass is 35.5. The Morgan fingerprint density at radius 3 is 2.86 bits per heavy atom. The van der Waals surface area contributed by atoms with Crippen LogP contribution in [0, 0.1) is 12.7 Å². The van der Waals surface area contributed by atoms with Crippen molar-refractivity contribution in [2.45, 2.75) is 6.92 Å². The number of anilines is 1. The number of hydrogen-bond donors (Lipinski definition) is 1. The first-order valence-electron chi connectivity index (χ1n) is 6.17. The summed E-state index contributed by atoms with van der Waals surface area (Å²) in [4.78, 5) is 0. The van der Waals surface area contributed by atoms with Crippen molar-refractivity contribution in [2.24, 2.45) is 0 Å². The Morgan fingerprint density at radius 2 is 2.05 bits per heavy atom. The summed E-state index contributed by atoms with van der Waals surface area (Å²) >= 11 is 6.01. The van der Waals surface area contributed by atoms with E-state index >= 15 is 0 Å². The van der Waals surface area contributed by atoms with E-state index in [-0.39, 0.29) is 5.69 Å². The first-order valence-corrected chi connectivity index (χ1v) is 6.55. The van der Waals surface area contributed by atoms with Gasteiger partial charge in [-0.2, -0.15) is 4.68 Å². The third kappa shape index (κ3) is 2.34. The molecule has 3 rings (SSSR count). The van der Waals surface area contributed by atoms with E-state index in [1.54, 1.807) is 30.3 Å². The molecule has 106 valence electrons. The normalized spacial score (nSPS) is 10.8. The van der Waals surface area contributed by atoms with Gasteiger partial charge in [-0.05, 0) is 47.2 Å². The van der Waals surface area contributed by atoms with Crippen molar-refractivity contribution in [3.8, 4) is 17.1 Å². The van der Waals surface area contributed by atoms with Crippen LogP contribution in [0.25, 0.3) is 17.1 Å². The van der Waals surface area contributed by atoms with Crippen LogP contribution >= 0.6 is 11.6 Å². The van der Waals surface area contributed by atoms with Gasteiger partial charge in [0.05, 0.1) is 10.7 Å². The molecule has 0 saturated heterocycles. The smallest absolute Gasteiger partial charge is 0.189 e. The van der Waals surface area contributed by atoms with E-state index in [0.717, 1.165) is 5.56 Å². The summed E-state index contributed by atoms with van der Waals surface area (Å²) in [5, 5.41) is 11.8. The fourth-order valence-corrected chi connectivity index (χ4v) is 2.21. The van der Waals surface area contributed by atoms with Gasteiger partial charge in [-0.25, -0.2) is 4.39 Å². The highest BCUT2D eigenvalue weighted by Crippen LogP contribution is 2.31. The average Bonchev–Trinajstić information content (AvgIpc) is 2.93. The summed E-state index contributed by atoms with van der Waals surface area (Å²) in [6, 6.07) is 9.85. The zero-order valence-electron chi connectivity index (χ0n) is 11.1. The number of hydrogen-bond acceptors (Lipinski definition) is 4. The minimum absolute atomic E-state index is 0.259. The minimum Gasteiger partial charge on any atom is -0.397 e. The van der Waals surface area contributed by atoms with Crippen LogP contribution in [0.4, 0.5) is 10.1 Å². The molecule has 0 aliphatic carbocycles. The predicted octanol–water partition coefficient (Wildman–Crippen LogP) is 3.01. The number of para-hydroxylation sites is 1. The summed E-state index contributed by atoms with van der Waals surface area (Å²) in [6.45, 7) is 1.86. The zero-order valence-corrected chi connectivity index (χ0v) is 11.8. The van der Waals surface area contributed by atoms with Crippen LogP contribution < -0.4 is 5.73 Å². The number of tetrazole rings is 1. The number of aryl methyl sites for hydroxylation is 1. The minimum atomic E-state index is -0.422. The number of nitrogens with zero attached hydrogens (tertiary/aromatic N) is 4. The molecule has 2 N–H and O–H groups in total. The van der Waals surface area contributed by atoms with Gasteiger partial charge < -0.3 is 5.73 Å². The van der Waals surface area contributed by atoms with E-state index in [1.807, 2.05) is 6.92 Å². The first-order chi connectivity index (χ1) is 10.1. The van der Waals surface area contributed by atoms with Gasteiger partial charge in [0, 0.05) is 5.56 Å². The number of nitrogens with two attached hydrogens (primary N) is 1. The second-order valence-electron chi connectivity index (χ2n) is 4.57. The Morgan fingerprint density at radius 1 is 1.24 bits per heavy atom. The molecule has 5 nitrogen and oxygen atoms in total. The van der Waals surface area contributed by atoms with Crippen molar-refractivity contribution in [3.05, 3.63) is 52.8 Å². The summed E-state index contributed by atoms with van der Waals surface area (Å²) in [5.74, 6) is -0.0887. The topological polar surface area (TPSA) is 69.6 Å². The molecule has 0 spiro atoms. The molecule has 0 saturated carbocycles. The molecule has 7 heteroatoms. The molecule has 0 aliphatic heterocycles. The Hall–Kier alpha value is -2.47. The quantitative estimate of drug-likeness (QED) is 0.739. The Bertz CT molecular complexity index is 798. The molecule has 1 heterocycles. The van der Waals surface area contributed by atoms with Crippen LogP contribution in [-0.4, -0.2) is 20.2 Å². The van der Waals surface area contributed by atoms with Crippen LogP contribution in [-0.2, 0) is 0 Å². The maximum absolute atomic E-state index is 14.0. The molecule has 0 amide bonds. The number of aromatic nitrogens is 4. The molecule has 0 atom stereocenters. The fraction of sp³-hybridized carbons (Fsp3) is 0.0714. The van der Waals surface area contributed by atoms with Gasteiger partial charge in [0.2, 0.25) is 0 Å². The van der Waals surface area contributed by atoms with Crippen molar-refractivity contribution in [1.82, 2.24) is 20.2 Å². The van der Waals surface area contributed by atoms with Crippen molar-refractivity contribution in [2.75, 3.05) is 5.73 Å². The molecule has 3 aromatic rings. The van der Waals surface area contributed by atoms with Crippen molar-refractivity contribution in [3.63, 3.8) is 0 Å². The largest absolute Gasteiger partial charge is 0.397 e. The number of rotatable bonds is 2. The summed E-state index contributed by atoms with van der Waals surface area (Å²) < 4.78 is 15.3. The molecule has 2 aromatic carbocycles. The lowest BCUT2D eigenvalue weighted by molar-refractivity contribution is 0.607. The van der Waals surface area contributed by atoms with E-state index in [0.29, 0.717) is 22.1 Å². The van der Waals surface area contributed by atoms with Gasteiger partial charge in [0.1, 0.15) is 11.5 Å². The van der Waals surface area contributed by atoms with Crippen LogP contribution in [0.2, 0.25) is 5.02 Å². The van der Waals surface area contributed by atoms with Crippen LogP contribution in [0.5, 0.6) is 0 Å². The number of benzene rings is 2. The van der Waals surface area contributed by atoms with E-state index in [9.17, 15) is 4.39 Å². The summed E-state index contributed by atoms with van der Waals surface area (Å²) in [6.07, 6.45) is 0. The van der Waals surface area contributed by atoms with Gasteiger partial charge in [-0.1, -0.05) is 23.7 Å². The molecular weight excluding hydrogens is 293 g/mol. The Balaban J connectivity index is 2.22. The van der Waals surface area contributed by atoms with Gasteiger partial charge in [-0.15, -0.1) is 5.10 Å². The lowest BCUT2D eigenvalue weighted by Crippen LogP contribution is -2.04. The highest BCUT2D eigenvalue weighted by molar-refractivity contribution is 6.33. The van der Waals surface area contributed by atoms with Gasteiger partial charge >= 0.3 is 0 Å². The third-order valence-corrected chi connectivity index (χ3v) is 3.42. The maximum Gasteiger partial charge on any atom is 0.189 e. The van der Waals surface area contributed by atoms with Crippen molar-refractivity contribution < 1.29 is 4.39 Å². The molecular formula is C14H11ClFN5. The monoisotopic (exact) mass is 303 g/mol. The SMILES string of the molecule is Cc1ccc(F)c(-n2nnnc2-c2cccc(Cl)c2N)c1. The second-order valence-corrected chi connectivity index (χ2v) is 4.98.